The number of ether oxygens (including phenoxy) is 2. The summed E-state index contributed by atoms with van der Waals surface area (Å²) in [5, 5.41) is 9.38. The lowest BCUT2D eigenvalue weighted by Gasteiger charge is -2.13. The number of hydrogen-bond acceptors (Lipinski definition) is 5. The van der Waals surface area contributed by atoms with E-state index < -0.39 is 5.97 Å². The molecular formula is C18H16N2O5. The largest absolute Gasteiger partial charge is 0.493 e. The van der Waals surface area contributed by atoms with Crippen molar-refractivity contribution < 1.29 is 19.4 Å². The summed E-state index contributed by atoms with van der Waals surface area (Å²) in [6, 6.07) is 9.29. The predicted octanol–water partition coefficient (Wildman–Crippen LogP) is 2.41. The summed E-state index contributed by atoms with van der Waals surface area (Å²) in [7, 11) is 3.01. The van der Waals surface area contributed by atoms with Crippen molar-refractivity contribution >= 4 is 16.9 Å². The Morgan fingerprint density at radius 2 is 1.68 bits per heavy atom. The van der Waals surface area contributed by atoms with Crippen LogP contribution in [0.2, 0.25) is 0 Å². The van der Waals surface area contributed by atoms with Crippen molar-refractivity contribution in [3.05, 3.63) is 58.1 Å². The van der Waals surface area contributed by atoms with Gasteiger partial charge >= 0.3 is 5.97 Å². The topological polar surface area (TPSA) is 90.7 Å². The number of rotatable bonds is 4. The van der Waals surface area contributed by atoms with E-state index in [1.807, 2.05) is 0 Å². The molecule has 1 N–H and O–H groups in total. The molecule has 1 aromatic heterocycles. The summed E-state index contributed by atoms with van der Waals surface area (Å²) in [5.41, 5.74) is 0.913. The Morgan fingerprint density at radius 1 is 1.08 bits per heavy atom. The summed E-state index contributed by atoms with van der Waals surface area (Å²) in [6.45, 7) is 1.71. The van der Waals surface area contributed by atoms with Crippen molar-refractivity contribution in [1.29, 1.82) is 0 Å². The number of methoxy groups -OCH3 is 2. The highest BCUT2D eigenvalue weighted by Gasteiger charge is 2.14. The Morgan fingerprint density at radius 3 is 2.24 bits per heavy atom. The molecule has 3 rings (SSSR count). The number of hydrogen-bond donors (Lipinski definition) is 1. The molecule has 0 radical (unpaired) electrons. The fourth-order valence-electron chi connectivity index (χ4n) is 2.68. The van der Waals surface area contributed by atoms with Gasteiger partial charge in [0.2, 0.25) is 0 Å². The van der Waals surface area contributed by atoms with Gasteiger partial charge in [0, 0.05) is 6.07 Å². The summed E-state index contributed by atoms with van der Waals surface area (Å²) in [4.78, 5) is 28.4. The molecule has 0 bridgehead atoms. The number of benzene rings is 2. The molecule has 0 amide bonds. The van der Waals surface area contributed by atoms with Gasteiger partial charge in [-0.2, -0.15) is 0 Å². The molecule has 25 heavy (non-hydrogen) atoms. The number of nitrogens with zero attached hydrogens (tertiary/aromatic N) is 2. The van der Waals surface area contributed by atoms with E-state index in [0.29, 0.717) is 33.9 Å². The van der Waals surface area contributed by atoms with E-state index in [0.717, 1.165) is 0 Å². The molecule has 7 nitrogen and oxygen atoms in total. The van der Waals surface area contributed by atoms with Crippen LogP contribution in [-0.4, -0.2) is 34.8 Å². The summed E-state index contributed by atoms with van der Waals surface area (Å²) >= 11 is 0. The van der Waals surface area contributed by atoms with Crippen LogP contribution in [0.4, 0.5) is 0 Å². The van der Waals surface area contributed by atoms with Crippen LogP contribution in [-0.2, 0) is 0 Å². The molecule has 1 heterocycles. The second-order valence-electron chi connectivity index (χ2n) is 5.38. The van der Waals surface area contributed by atoms with Crippen LogP contribution < -0.4 is 15.0 Å². The van der Waals surface area contributed by atoms with E-state index in [4.69, 9.17) is 14.6 Å². The number of fused-ring (bicyclic) bond motifs is 1. The second kappa shape index (κ2) is 6.27. The van der Waals surface area contributed by atoms with Crippen molar-refractivity contribution in [2.75, 3.05) is 14.2 Å². The predicted molar refractivity (Wildman–Crippen MR) is 92.1 cm³/mol. The van der Waals surface area contributed by atoms with Crippen molar-refractivity contribution in [3.63, 3.8) is 0 Å². The first kappa shape index (κ1) is 16.5. The lowest BCUT2D eigenvalue weighted by molar-refractivity contribution is 0.0697. The van der Waals surface area contributed by atoms with Crippen molar-refractivity contribution in [2.24, 2.45) is 0 Å². The smallest absolute Gasteiger partial charge is 0.335 e. The number of carboxylic acid groups (broad SMARTS) is 1. The summed E-state index contributed by atoms with van der Waals surface area (Å²) in [6.07, 6.45) is 0. The van der Waals surface area contributed by atoms with Crippen LogP contribution in [0.5, 0.6) is 11.5 Å². The third-order valence-electron chi connectivity index (χ3n) is 3.91. The van der Waals surface area contributed by atoms with Crippen molar-refractivity contribution in [3.8, 4) is 17.2 Å². The highest BCUT2D eigenvalue weighted by atomic mass is 16.5. The molecule has 3 aromatic rings. The minimum atomic E-state index is -1.02. The van der Waals surface area contributed by atoms with E-state index in [2.05, 4.69) is 4.98 Å². The van der Waals surface area contributed by atoms with Gasteiger partial charge in [-0.1, -0.05) is 0 Å². The van der Waals surface area contributed by atoms with Gasteiger partial charge in [0.05, 0.1) is 36.4 Å². The van der Waals surface area contributed by atoms with Gasteiger partial charge in [-0.15, -0.1) is 0 Å². The van der Waals surface area contributed by atoms with Crippen LogP contribution in [0, 0.1) is 6.92 Å². The lowest BCUT2D eigenvalue weighted by atomic mass is 10.2. The molecular weight excluding hydrogens is 324 g/mol. The molecule has 0 unspecified atom stereocenters. The van der Waals surface area contributed by atoms with Crippen LogP contribution in [0.3, 0.4) is 0 Å². The number of aryl methyl sites for hydroxylation is 1. The number of aromatic carboxylic acids is 1. The quantitative estimate of drug-likeness (QED) is 0.784. The fraction of sp³-hybridized carbons (Fsp3) is 0.167. The van der Waals surface area contributed by atoms with Gasteiger partial charge in [0.25, 0.3) is 5.56 Å². The monoisotopic (exact) mass is 340 g/mol. The molecule has 0 fully saturated rings. The zero-order valence-electron chi connectivity index (χ0n) is 13.9. The Labute approximate surface area is 143 Å². The molecule has 0 aliphatic heterocycles. The van der Waals surface area contributed by atoms with Gasteiger partial charge in [-0.25, -0.2) is 9.78 Å². The average Bonchev–Trinajstić information content (AvgIpc) is 2.61. The first-order chi connectivity index (χ1) is 12.0. The minimum absolute atomic E-state index is 0.148. The zero-order chi connectivity index (χ0) is 18.1. The van der Waals surface area contributed by atoms with E-state index >= 15 is 0 Å². The van der Waals surface area contributed by atoms with E-state index in [1.165, 1.54) is 30.9 Å². The Bertz CT molecular complexity index is 1020. The molecule has 2 aromatic carbocycles. The highest BCUT2D eigenvalue weighted by molar-refractivity contribution is 5.87. The van der Waals surface area contributed by atoms with Gasteiger partial charge < -0.3 is 14.6 Å². The zero-order valence-corrected chi connectivity index (χ0v) is 13.9. The lowest BCUT2D eigenvalue weighted by Crippen LogP contribution is -2.22. The summed E-state index contributed by atoms with van der Waals surface area (Å²) < 4.78 is 11.9. The third kappa shape index (κ3) is 2.80. The number of aromatic nitrogens is 2. The van der Waals surface area contributed by atoms with E-state index in [-0.39, 0.29) is 11.1 Å². The van der Waals surface area contributed by atoms with Crippen LogP contribution in [0.1, 0.15) is 16.2 Å². The molecule has 128 valence electrons. The van der Waals surface area contributed by atoms with E-state index in [1.54, 1.807) is 31.2 Å². The molecule has 0 aliphatic carbocycles. The van der Waals surface area contributed by atoms with Gasteiger partial charge in [0.15, 0.2) is 11.5 Å². The second-order valence-corrected chi connectivity index (χ2v) is 5.38. The van der Waals surface area contributed by atoms with Crippen molar-refractivity contribution in [1.82, 2.24) is 9.55 Å². The molecule has 0 aliphatic rings. The molecule has 0 saturated heterocycles. The average molecular weight is 340 g/mol. The standard InChI is InChI=1S/C18H16N2O5/c1-10-19-14-9-16(25-3)15(24-2)8-13(14)17(21)20(10)12-6-4-11(5-7-12)18(22)23/h4-9H,1-3H3,(H,22,23). The number of carbonyl (C=O) groups is 1. The minimum Gasteiger partial charge on any atom is -0.493 e. The van der Waals surface area contributed by atoms with Crippen LogP contribution in [0.25, 0.3) is 16.6 Å². The Hall–Kier alpha value is -3.35. The maximum absolute atomic E-state index is 12.9. The van der Waals surface area contributed by atoms with Crippen LogP contribution in [0.15, 0.2) is 41.2 Å². The highest BCUT2D eigenvalue weighted by Crippen LogP contribution is 2.30. The third-order valence-corrected chi connectivity index (χ3v) is 3.91. The maximum Gasteiger partial charge on any atom is 0.335 e. The van der Waals surface area contributed by atoms with Crippen LogP contribution >= 0.6 is 0 Å². The molecule has 0 atom stereocenters. The van der Waals surface area contributed by atoms with E-state index in [9.17, 15) is 9.59 Å². The maximum atomic E-state index is 12.9. The molecule has 0 saturated carbocycles. The van der Waals surface area contributed by atoms with Gasteiger partial charge in [-0.3, -0.25) is 9.36 Å². The number of carboxylic acids is 1. The molecule has 0 spiro atoms. The first-order valence-electron chi connectivity index (χ1n) is 7.45. The normalized spacial score (nSPS) is 10.7. The molecule has 7 heteroatoms. The van der Waals surface area contributed by atoms with Crippen molar-refractivity contribution in [2.45, 2.75) is 6.92 Å². The van der Waals surface area contributed by atoms with Gasteiger partial charge in [0.1, 0.15) is 5.82 Å². The Balaban J connectivity index is 2.25. The fourth-order valence-corrected chi connectivity index (χ4v) is 2.68. The van der Waals surface area contributed by atoms with Gasteiger partial charge in [-0.05, 0) is 37.3 Å². The summed E-state index contributed by atoms with van der Waals surface area (Å²) in [5.74, 6) is 0.382. The SMILES string of the molecule is COc1cc2nc(C)n(-c3ccc(C(=O)O)cc3)c(=O)c2cc1OC. The first-order valence-corrected chi connectivity index (χ1v) is 7.45. The Kier molecular flexibility index (Phi) is 4.14.